The first-order chi connectivity index (χ1) is 19.4. The summed E-state index contributed by atoms with van der Waals surface area (Å²) in [6, 6.07) is 5.24. The van der Waals surface area contributed by atoms with E-state index in [2.05, 4.69) is 35.6 Å². The Labute approximate surface area is 250 Å². The average Bonchev–Trinajstić information content (AvgIpc) is 2.92. The Hall–Kier alpha value is -2.03. The van der Waals surface area contributed by atoms with Gasteiger partial charge in [0.2, 0.25) is 10.0 Å². The molecule has 2 unspecified atom stereocenters. The molecule has 7 atom stereocenters. The fraction of sp³-hybridized carbons (Fsp3) is 0.656. The van der Waals surface area contributed by atoms with E-state index < -0.39 is 27.3 Å². The average molecular weight is 605 g/mol. The number of ether oxygens (including phenoxy) is 1. The van der Waals surface area contributed by atoms with Gasteiger partial charge in [0, 0.05) is 29.1 Å². The number of anilines is 1. The topological polar surface area (TPSA) is 95.9 Å². The molecule has 0 aromatic heterocycles. The number of halogens is 1. The van der Waals surface area contributed by atoms with Crippen molar-refractivity contribution in [2.45, 2.75) is 83.5 Å². The second kappa shape index (κ2) is 12.3. The minimum absolute atomic E-state index is 0.194. The fourth-order valence-corrected chi connectivity index (χ4v) is 8.16. The van der Waals surface area contributed by atoms with Crippen molar-refractivity contribution in [3.8, 4) is 5.75 Å². The third-order valence-corrected chi connectivity index (χ3v) is 12.0. The van der Waals surface area contributed by atoms with Crippen molar-refractivity contribution in [2.75, 3.05) is 24.6 Å². The van der Waals surface area contributed by atoms with Crippen LogP contribution in [0.3, 0.4) is 0 Å². The lowest BCUT2D eigenvalue weighted by Crippen LogP contribution is -2.44. The second-order valence-electron chi connectivity index (χ2n) is 13.2. The van der Waals surface area contributed by atoms with Crippen LogP contribution in [0.2, 0.25) is 0 Å². The Morgan fingerprint density at radius 3 is 2.68 bits per heavy atom. The first-order valence-corrected chi connectivity index (χ1v) is 17.2. The summed E-state index contributed by atoms with van der Waals surface area (Å²) >= 11 is 6.39. The fourth-order valence-electron chi connectivity index (χ4n) is 6.92. The number of rotatable bonds is 0. The zero-order chi connectivity index (χ0) is 29.4. The molecule has 1 aromatic carbocycles. The molecule has 4 aliphatic rings. The number of carbonyl (C=O) groups is 1. The third-order valence-electron chi connectivity index (χ3n) is 10.0. The molecule has 0 saturated heterocycles. The number of aliphatic hydroxyl groups excluding tert-OH is 1. The zero-order valence-electron chi connectivity index (χ0n) is 24.5. The number of hydrogen-bond acceptors (Lipinski definition) is 6. The summed E-state index contributed by atoms with van der Waals surface area (Å²) in [5.41, 5.74) is 0.878. The van der Waals surface area contributed by atoms with Crippen molar-refractivity contribution in [1.82, 2.24) is 4.72 Å². The Morgan fingerprint density at radius 1 is 1.12 bits per heavy atom. The van der Waals surface area contributed by atoms with Crippen molar-refractivity contribution >= 4 is 33.2 Å². The quantitative estimate of drug-likeness (QED) is 0.376. The number of amides is 1. The molecule has 41 heavy (non-hydrogen) atoms. The molecule has 7 nitrogen and oxygen atoms in total. The molecule has 1 fully saturated rings. The molecule has 2 aliphatic heterocycles. The van der Waals surface area contributed by atoms with E-state index in [4.69, 9.17) is 16.3 Å². The second-order valence-corrected chi connectivity index (χ2v) is 15.7. The molecular formula is C32H45ClN2O5S. The van der Waals surface area contributed by atoms with Crippen molar-refractivity contribution in [1.29, 1.82) is 0 Å². The van der Waals surface area contributed by atoms with Gasteiger partial charge in [0.25, 0.3) is 5.91 Å². The molecule has 5 rings (SSSR count). The summed E-state index contributed by atoms with van der Waals surface area (Å²) in [7, 11) is -3.85. The SMILES string of the molecule is C[C@@H]1CC[C@@H](C)S(=O)(=O)NC(=O)c2ccc3c(c2)N(CCCCC2C=C(Cl)C=CC2(C)CO3)C[C@@H]2CC[C@H]2[C@H](O)C1. The monoisotopic (exact) mass is 604 g/mol. The van der Waals surface area contributed by atoms with E-state index in [0.29, 0.717) is 43.1 Å². The molecule has 0 radical (unpaired) electrons. The van der Waals surface area contributed by atoms with Gasteiger partial charge in [0.1, 0.15) is 5.75 Å². The van der Waals surface area contributed by atoms with E-state index in [0.717, 1.165) is 55.9 Å². The van der Waals surface area contributed by atoms with E-state index in [1.54, 1.807) is 25.1 Å². The maximum Gasteiger partial charge on any atom is 0.264 e. The van der Waals surface area contributed by atoms with Gasteiger partial charge < -0.3 is 14.7 Å². The van der Waals surface area contributed by atoms with Crippen molar-refractivity contribution in [3.05, 3.63) is 47.0 Å². The third kappa shape index (κ3) is 6.80. The maximum absolute atomic E-state index is 13.3. The van der Waals surface area contributed by atoms with E-state index >= 15 is 0 Å². The smallest absolute Gasteiger partial charge is 0.264 e. The van der Waals surface area contributed by atoms with Gasteiger partial charge >= 0.3 is 0 Å². The molecule has 1 saturated carbocycles. The summed E-state index contributed by atoms with van der Waals surface area (Å²) < 4.78 is 35.0. The number of nitrogens with zero attached hydrogens (tertiary/aromatic N) is 1. The molecule has 1 aromatic rings. The van der Waals surface area contributed by atoms with Crippen LogP contribution in [0, 0.1) is 29.1 Å². The van der Waals surface area contributed by atoms with Crippen LogP contribution in [0.15, 0.2) is 41.5 Å². The Morgan fingerprint density at radius 2 is 1.93 bits per heavy atom. The van der Waals surface area contributed by atoms with Crippen molar-refractivity contribution in [3.63, 3.8) is 0 Å². The van der Waals surface area contributed by atoms with Crippen LogP contribution in [0.25, 0.3) is 0 Å². The summed E-state index contributed by atoms with van der Waals surface area (Å²) in [5.74, 6) is 1.09. The van der Waals surface area contributed by atoms with Gasteiger partial charge in [0.15, 0.2) is 0 Å². The lowest BCUT2D eigenvalue weighted by molar-refractivity contribution is 0.00157. The van der Waals surface area contributed by atoms with Crippen LogP contribution in [-0.4, -0.2) is 50.5 Å². The highest BCUT2D eigenvalue weighted by atomic mass is 35.5. The molecule has 2 aliphatic carbocycles. The first kappa shape index (κ1) is 30.4. The summed E-state index contributed by atoms with van der Waals surface area (Å²) in [5, 5.41) is 11.2. The molecule has 9 heteroatoms. The largest absolute Gasteiger partial charge is 0.490 e. The number of sulfonamides is 1. The minimum Gasteiger partial charge on any atom is -0.490 e. The number of hydrogen-bond donors (Lipinski definition) is 2. The summed E-state index contributed by atoms with van der Waals surface area (Å²) in [6.45, 7) is 7.92. The van der Waals surface area contributed by atoms with Gasteiger partial charge in [-0.1, -0.05) is 44.0 Å². The molecular weight excluding hydrogens is 560 g/mol. The number of benzene rings is 1. The predicted octanol–water partition coefficient (Wildman–Crippen LogP) is 6.03. The predicted molar refractivity (Wildman–Crippen MR) is 164 cm³/mol. The summed E-state index contributed by atoms with van der Waals surface area (Å²) in [4.78, 5) is 15.6. The summed E-state index contributed by atoms with van der Waals surface area (Å²) in [6.07, 6.45) is 12.7. The number of nitrogens with one attached hydrogen (secondary N) is 1. The van der Waals surface area contributed by atoms with Crippen LogP contribution in [0.1, 0.15) is 82.5 Å². The van der Waals surface area contributed by atoms with Gasteiger partial charge in [0.05, 0.1) is 23.6 Å². The van der Waals surface area contributed by atoms with Gasteiger partial charge in [-0.25, -0.2) is 13.1 Å². The van der Waals surface area contributed by atoms with Crippen LogP contribution >= 0.6 is 11.6 Å². The molecule has 0 spiro atoms. The van der Waals surface area contributed by atoms with Crippen molar-refractivity contribution in [2.24, 2.45) is 29.1 Å². The van der Waals surface area contributed by atoms with Crippen LogP contribution in [0.4, 0.5) is 5.69 Å². The molecule has 2 heterocycles. The highest BCUT2D eigenvalue weighted by Gasteiger charge is 2.39. The van der Waals surface area contributed by atoms with Crippen molar-refractivity contribution < 1.29 is 23.1 Å². The normalized spacial score (nSPS) is 36.3. The standard InChI is InChI=1S/C32H45ClN2O5S/c1-21-7-8-22(2)41(38,39)34-31(37)23-10-12-30-28(17-23)35(19-24-9-11-27(24)29(36)16-21)15-5-4-6-25-18-26(33)13-14-32(25,3)20-40-30/h10,12-14,17-18,21-22,24-25,27,29,36H,4-9,11,15-16,19-20H2,1-3H3,(H,34,37)/t21-,22-,24+,25?,27-,29-,32?/m1/s1. The molecule has 1 amide bonds. The van der Waals surface area contributed by atoms with Gasteiger partial charge in [-0.2, -0.15) is 0 Å². The van der Waals surface area contributed by atoms with E-state index in [1.165, 1.54) is 0 Å². The van der Waals surface area contributed by atoms with Crippen LogP contribution in [0.5, 0.6) is 5.75 Å². The van der Waals surface area contributed by atoms with Crippen LogP contribution < -0.4 is 14.4 Å². The Kier molecular flexibility index (Phi) is 9.12. The molecule has 226 valence electrons. The number of carbonyl (C=O) groups excluding carboxylic acids is 1. The molecule has 2 N–H and O–H groups in total. The highest BCUT2D eigenvalue weighted by molar-refractivity contribution is 7.90. The molecule has 2 bridgehead atoms. The maximum atomic E-state index is 13.3. The zero-order valence-corrected chi connectivity index (χ0v) is 26.1. The van der Waals surface area contributed by atoms with E-state index in [9.17, 15) is 18.3 Å². The van der Waals surface area contributed by atoms with Gasteiger partial charge in [-0.3, -0.25) is 4.79 Å². The first-order valence-electron chi connectivity index (χ1n) is 15.3. The Balaban J connectivity index is 1.52. The van der Waals surface area contributed by atoms with E-state index in [1.807, 2.05) is 6.08 Å². The highest BCUT2D eigenvalue weighted by Crippen LogP contribution is 2.44. The number of allylic oxidation sites excluding steroid dienone is 3. The Bertz CT molecular complexity index is 1300. The van der Waals surface area contributed by atoms with Gasteiger partial charge in [-0.05, 0) is 99.8 Å². The van der Waals surface area contributed by atoms with Crippen LogP contribution in [-0.2, 0) is 10.0 Å². The number of fused-ring (bicyclic) bond motifs is 3. The lowest BCUT2D eigenvalue weighted by atomic mass is 9.68. The van der Waals surface area contributed by atoms with Gasteiger partial charge in [-0.15, -0.1) is 0 Å². The lowest BCUT2D eigenvalue weighted by Gasteiger charge is -2.44. The minimum atomic E-state index is -3.85. The number of aliphatic hydroxyl groups is 1. The van der Waals surface area contributed by atoms with E-state index in [-0.39, 0.29) is 23.2 Å².